The predicted molar refractivity (Wildman–Crippen MR) is 49.6 cm³/mol. The first kappa shape index (κ1) is 11.8. The number of pyridine rings is 1. The average Bonchev–Trinajstić information content (AvgIpc) is 2.20. The van der Waals surface area contributed by atoms with Crippen molar-refractivity contribution in [2.45, 2.75) is 12.8 Å². The Balaban J connectivity index is 3.40. The lowest BCUT2D eigenvalue weighted by atomic mass is 10.1. The maximum Gasteiger partial charge on any atom is 0.364 e. The molecule has 16 heavy (non-hydrogen) atoms. The van der Waals surface area contributed by atoms with Crippen molar-refractivity contribution in [3.8, 4) is 6.07 Å². The molecule has 1 rings (SSSR count). The summed E-state index contributed by atoms with van der Waals surface area (Å²) in [4.78, 5) is 12.9. The van der Waals surface area contributed by atoms with Crippen LogP contribution in [0.15, 0.2) is 6.07 Å². The van der Waals surface area contributed by atoms with Gasteiger partial charge in [-0.25, -0.2) is 8.78 Å². The third-order valence-corrected chi connectivity index (χ3v) is 1.82. The van der Waals surface area contributed by atoms with E-state index in [1.807, 2.05) is 0 Å². The Morgan fingerprint density at radius 3 is 2.75 bits per heavy atom. The first-order chi connectivity index (χ1) is 7.47. The molecule has 0 saturated carbocycles. The van der Waals surface area contributed by atoms with Gasteiger partial charge in [-0.1, -0.05) is 0 Å². The molecule has 0 fully saturated rings. The Labute approximate surface area is 88.5 Å². The van der Waals surface area contributed by atoms with Gasteiger partial charge in [0, 0.05) is 6.07 Å². The van der Waals surface area contributed by atoms with E-state index in [1.165, 1.54) is 0 Å². The van der Waals surface area contributed by atoms with Crippen LogP contribution in [0, 0.1) is 21.4 Å². The highest BCUT2D eigenvalue weighted by molar-refractivity contribution is 5.55. The number of hydrogen-bond donors (Lipinski definition) is 1. The zero-order valence-corrected chi connectivity index (χ0v) is 7.85. The van der Waals surface area contributed by atoms with Crippen LogP contribution in [0.5, 0.6) is 0 Å². The molecule has 0 bridgehead atoms. The Morgan fingerprint density at radius 1 is 1.69 bits per heavy atom. The van der Waals surface area contributed by atoms with E-state index < -0.39 is 22.7 Å². The van der Waals surface area contributed by atoms with E-state index in [-0.39, 0.29) is 17.8 Å². The van der Waals surface area contributed by atoms with Gasteiger partial charge in [-0.2, -0.15) is 5.26 Å². The Hall–Kier alpha value is -2.30. The number of nitrogens with zero attached hydrogens (tertiary/aromatic N) is 3. The smallest absolute Gasteiger partial charge is 0.364 e. The second-order valence-corrected chi connectivity index (χ2v) is 2.82. The minimum absolute atomic E-state index is 0.202. The predicted octanol–water partition coefficient (Wildman–Crippen LogP) is 1.58. The zero-order chi connectivity index (χ0) is 12.3. The van der Waals surface area contributed by atoms with Gasteiger partial charge in [0.2, 0.25) is 0 Å². The van der Waals surface area contributed by atoms with Gasteiger partial charge < -0.3 is 15.8 Å². The SMILES string of the molecule is N#CCc1nc([N+](=O)[O-])cc(C(F)F)c1N. The molecule has 1 aromatic heterocycles. The summed E-state index contributed by atoms with van der Waals surface area (Å²) in [5.74, 6) is -0.741. The number of halogens is 2. The summed E-state index contributed by atoms with van der Waals surface area (Å²) >= 11 is 0. The molecule has 0 aliphatic heterocycles. The lowest BCUT2D eigenvalue weighted by Gasteiger charge is -2.05. The molecule has 0 aliphatic carbocycles. The molecular weight excluding hydrogens is 222 g/mol. The van der Waals surface area contributed by atoms with Crippen LogP contribution in [0.25, 0.3) is 0 Å². The second kappa shape index (κ2) is 4.48. The van der Waals surface area contributed by atoms with E-state index in [2.05, 4.69) is 4.98 Å². The van der Waals surface area contributed by atoms with E-state index >= 15 is 0 Å². The molecule has 1 heterocycles. The van der Waals surface area contributed by atoms with Crippen LogP contribution < -0.4 is 5.73 Å². The van der Waals surface area contributed by atoms with Gasteiger partial charge in [0.05, 0.1) is 17.3 Å². The monoisotopic (exact) mass is 228 g/mol. The van der Waals surface area contributed by atoms with Gasteiger partial charge in [-0.05, 0) is 9.91 Å². The van der Waals surface area contributed by atoms with Crippen molar-refractivity contribution in [2.24, 2.45) is 0 Å². The molecule has 1 aromatic rings. The highest BCUT2D eigenvalue weighted by Crippen LogP contribution is 2.29. The lowest BCUT2D eigenvalue weighted by molar-refractivity contribution is -0.389. The highest BCUT2D eigenvalue weighted by Gasteiger charge is 2.23. The van der Waals surface area contributed by atoms with Crippen molar-refractivity contribution >= 4 is 11.5 Å². The summed E-state index contributed by atoms with van der Waals surface area (Å²) < 4.78 is 25.0. The van der Waals surface area contributed by atoms with Crippen molar-refractivity contribution < 1.29 is 13.7 Å². The number of hydrogen-bond acceptors (Lipinski definition) is 5. The van der Waals surface area contributed by atoms with E-state index in [9.17, 15) is 18.9 Å². The first-order valence-corrected chi connectivity index (χ1v) is 4.06. The molecule has 0 aliphatic rings. The molecule has 2 N–H and O–H groups in total. The number of rotatable bonds is 3. The molecule has 0 saturated heterocycles. The largest absolute Gasteiger partial charge is 0.395 e. The van der Waals surface area contributed by atoms with Crippen molar-refractivity contribution in [3.05, 3.63) is 27.4 Å². The van der Waals surface area contributed by atoms with Gasteiger partial charge in [-0.15, -0.1) is 0 Å². The quantitative estimate of drug-likeness (QED) is 0.624. The summed E-state index contributed by atoms with van der Waals surface area (Å²) in [6.07, 6.45) is -3.30. The van der Waals surface area contributed by atoms with Gasteiger partial charge in [-0.3, -0.25) is 0 Å². The van der Waals surface area contributed by atoms with Crippen LogP contribution in [0.1, 0.15) is 17.7 Å². The topological polar surface area (TPSA) is 106 Å². The molecule has 0 atom stereocenters. The summed E-state index contributed by atoms with van der Waals surface area (Å²) in [6, 6.07) is 2.26. The fraction of sp³-hybridized carbons (Fsp3) is 0.250. The molecule has 0 aromatic carbocycles. The number of anilines is 1. The van der Waals surface area contributed by atoms with Gasteiger partial charge >= 0.3 is 5.82 Å². The van der Waals surface area contributed by atoms with Crippen LogP contribution in [-0.4, -0.2) is 9.91 Å². The van der Waals surface area contributed by atoms with Crippen molar-refractivity contribution in [1.29, 1.82) is 5.26 Å². The average molecular weight is 228 g/mol. The molecule has 0 spiro atoms. The number of aromatic nitrogens is 1. The lowest BCUT2D eigenvalue weighted by Crippen LogP contribution is -2.06. The third kappa shape index (κ3) is 2.20. The number of nitriles is 1. The molecule has 0 radical (unpaired) electrons. The molecule has 6 nitrogen and oxygen atoms in total. The second-order valence-electron chi connectivity index (χ2n) is 2.82. The third-order valence-electron chi connectivity index (χ3n) is 1.82. The Kier molecular flexibility index (Phi) is 3.30. The van der Waals surface area contributed by atoms with Gasteiger partial charge in [0.15, 0.2) is 5.69 Å². The maximum atomic E-state index is 12.5. The number of nitrogen functional groups attached to an aromatic ring is 1. The summed E-state index contributed by atoms with van der Waals surface area (Å²) in [5.41, 5.74) is 4.07. The number of nitro groups is 1. The fourth-order valence-electron chi connectivity index (χ4n) is 1.10. The zero-order valence-electron chi connectivity index (χ0n) is 7.85. The van der Waals surface area contributed by atoms with Crippen LogP contribution in [0.3, 0.4) is 0 Å². The number of nitrogens with two attached hydrogens (primary N) is 1. The van der Waals surface area contributed by atoms with Crippen molar-refractivity contribution in [1.82, 2.24) is 4.98 Å². The Bertz CT molecular complexity index is 470. The molecule has 0 unspecified atom stereocenters. The van der Waals surface area contributed by atoms with E-state index in [0.717, 1.165) is 0 Å². The molecule has 0 amide bonds. The summed E-state index contributed by atoms with van der Waals surface area (Å²) in [5, 5.41) is 18.8. The highest BCUT2D eigenvalue weighted by atomic mass is 19.3. The summed E-state index contributed by atoms with van der Waals surface area (Å²) in [6.45, 7) is 0. The van der Waals surface area contributed by atoms with E-state index in [0.29, 0.717) is 6.07 Å². The number of alkyl halides is 2. The Morgan fingerprint density at radius 2 is 2.31 bits per heavy atom. The van der Waals surface area contributed by atoms with Crippen molar-refractivity contribution in [2.75, 3.05) is 5.73 Å². The van der Waals surface area contributed by atoms with Crippen LogP contribution in [0.2, 0.25) is 0 Å². The fourth-order valence-corrected chi connectivity index (χ4v) is 1.10. The van der Waals surface area contributed by atoms with E-state index in [4.69, 9.17) is 11.0 Å². The summed E-state index contributed by atoms with van der Waals surface area (Å²) in [7, 11) is 0. The molecular formula is C8H6F2N4O2. The van der Waals surface area contributed by atoms with Gasteiger partial charge in [0.25, 0.3) is 6.43 Å². The van der Waals surface area contributed by atoms with Gasteiger partial charge in [0.1, 0.15) is 6.42 Å². The van der Waals surface area contributed by atoms with E-state index in [1.54, 1.807) is 6.07 Å². The van der Waals surface area contributed by atoms with Crippen LogP contribution in [-0.2, 0) is 6.42 Å². The normalized spacial score (nSPS) is 10.1. The maximum absolute atomic E-state index is 12.5. The molecule has 8 heteroatoms. The van der Waals surface area contributed by atoms with Crippen LogP contribution in [0.4, 0.5) is 20.3 Å². The first-order valence-electron chi connectivity index (χ1n) is 4.06. The minimum Gasteiger partial charge on any atom is -0.395 e. The minimum atomic E-state index is -2.95. The van der Waals surface area contributed by atoms with Crippen molar-refractivity contribution in [3.63, 3.8) is 0 Å². The molecule has 84 valence electrons. The standard InChI is InChI=1S/C8H6F2N4O2/c9-8(10)4-3-6(14(15)16)13-5(1-2-11)7(4)12/h3,8H,1,12H2. The van der Waals surface area contributed by atoms with Crippen LogP contribution >= 0.6 is 0 Å².